The molecule has 1 aliphatic carbocycles. The minimum Gasteiger partial charge on any atom is -0.409 e. The van der Waals surface area contributed by atoms with E-state index in [0.717, 1.165) is 19.3 Å². The van der Waals surface area contributed by atoms with Gasteiger partial charge in [0.25, 0.3) is 0 Å². The topological polar surface area (TPSA) is 122 Å². The van der Waals surface area contributed by atoms with Crippen molar-refractivity contribution in [3.63, 3.8) is 0 Å². The van der Waals surface area contributed by atoms with Crippen LogP contribution in [0.4, 0.5) is 0 Å². The van der Waals surface area contributed by atoms with Crippen molar-refractivity contribution in [2.24, 2.45) is 22.7 Å². The van der Waals surface area contributed by atoms with Gasteiger partial charge in [-0.05, 0) is 19.3 Å². The highest BCUT2D eigenvalue weighted by atomic mass is 32.2. The molecule has 3 unspecified atom stereocenters. The Labute approximate surface area is 112 Å². The molecule has 108 valence electrons. The second-order valence-corrected chi connectivity index (χ2v) is 7.51. The van der Waals surface area contributed by atoms with Gasteiger partial charge >= 0.3 is 0 Å². The molecule has 1 amide bonds. The lowest BCUT2D eigenvalue weighted by Crippen LogP contribution is -2.44. The summed E-state index contributed by atoms with van der Waals surface area (Å²) in [7, 11) is -3.06. The van der Waals surface area contributed by atoms with Gasteiger partial charge in [0.2, 0.25) is 5.91 Å². The molecule has 2 fully saturated rings. The first-order valence-corrected chi connectivity index (χ1v) is 8.23. The van der Waals surface area contributed by atoms with Crippen molar-refractivity contribution in [2.45, 2.75) is 31.7 Å². The third kappa shape index (κ3) is 3.17. The number of nitrogens with two attached hydrogens (primary N) is 1. The minimum absolute atomic E-state index is 0.0697. The van der Waals surface area contributed by atoms with Gasteiger partial charge in [0, 0.05) is 12.0 Å². The molecule has 0 aromatic carbocycles. The Balaban J connectivity index is 1.96. The Kier molecular flexibility index (Phi) is 3.98. The molecule has 8 heteroatoms. The molecular weight excluding hydrogens is 270 g/mol. The normalized spacial score (nSPS) is 34.3. The van der Waals surface area contributed by atoms with Crippen LogP contribution in [-0.4, -0.2) is 42.9 Å². The number of carbonyl (C=O) groups is 1. The van der Waals surface area contributed by atoms with Crippen molar-refractivity contribution < 1.29 is 18.4 Å². The first-order chi connectivity index (χ1) is 8.93. The van der Waals surface area contributed by atoms with E-state index in [1.165, 1.54) is 0 Å². The molecule has 1 aliphatic heterocycles. The summed E-state index contributed by atoms with van der Waals surface area (Å²) in [6, 6.07) is -0.160. The summed E-state index contributed by atoms with van der Waals surface area (Å²) in [6.45, 7) is 0. The highest BCUT2D eigenvalue weighted by Gasteiger charge is 2.37. The lowest BCUT2D eigenvalue weighted by atomic mass is 10.0. The van der Waals surface area contributed by atoms with E-state index < -0.39 is 15.8 Å². The van der Waals surface area contributed by atoms with E-state index in [1.54, 1.807) is 0 Å². The van der Waals surface area contributed by atoms with E-state index in [9.17, 15) is 13.2 Å². The van der Waals surface area contributed by atoms with Gasteiger partial charge in [-0.2, -0.15) is 0 Å². The van der Waals surface area contributed by atoms with Crippen LogP contribution in [0.2, 0.25) is 0 Å². The molecule has 4 N–H and O–H groups in total. The smallest absolute Gasteiger partial charge is 0.224 e. The Morgan fingerprint density at radius 1 is 1.32 bits per heavy atom. The zero-order valence-electron chi connectivity index (χ0n) is 10.6. The quantitative estimate of drug-likeness (QED) is 0.278. The van der Waals surface area contributed by atoms with Crippen LogP contribution in [0.1, 0.15) is 25.7 Å². The molecular formula is C11H19N3O4S. The lowest BCUT2D eigenvalue weighted by molar-refractivity contribution is -0.125. The zero-order valence-corrected chi connectivity index (χ0v) is 11.4. The van der Waals surface area contributed by atoms with Gasteiger partial charge in [0.15, 0.2) is 9.84 Å². The van der Waals surface area contributed by atoms with Crippen molar-refractivity contribution in [2.75, 3.05) is 11.5 Å². The van der Waals surface area contributed by atoms with Crippen LogP contribution in [0, 0.1) is 11.8 Å². The standard InChI is InChI=1S/C11H19N3O4S/c12-10(14-16)8-2-1-3-9(8)13-11(15)7-4-5-19(17,18)6-7/h7-9,16H,1-6H2,(H2,12,14)(H,13,15). The van der Waals surface area contributed by atoms with Crippen molar-refractivity contribution in [3.8, 4) is 0 Å². The Bertz CT molecular complexity index is 488. The lowest BCUT2D eigenvalue weighted by Gasteiger charge is -2.21. The van der Waals surface area contributed by atoms with E-state index in [-0.39, 0.29) is 35.2 Å². The molecule has 1 saturated heterocycles. The molecule has 1 heterocycles. The zero-order chi connectivity index (χ0) is 14.0. The van der Waals surface area contributed by atoms with E-state index in [1.807, 2.05) is 0 Å². The number of nitrogens with one attached hydrogen (secondary N) is 1. The second kappa shape index (κ2) is 5.36. The van der Waals surface area contributed by atoms with Crippen molar-refractivity contribution >= 4 is 21.6 Å². The summed E-state index contributed by atoms with van der Waals surface area (Å²) in [5, 5.41) is 14.5. The van der Waals surface area contributed by atoms with Crippen LogP contribution < -0.4 is 11.1 Å². The molecule has 0 aromatic rings. The van der Waals surface area contributed by atoms with Crippen LogP contribution in [0.25, 0.3) is 0 Å². The number of oxime groups is 1. The maximum absolute atomic E-state index is 12.0. The summed E-state index contributed by atoms with van der Waals surface area (Å²) in [4.78, 5) is 12.0. The van der Waals surface area contributed by atoms with E-state index in [4.69, 9.17) is 10.9 Å². The fourth-order valence-electron chi connectivity index (χ4n) is 2.86. The van der Waals surface area contributed by atoms with Crippen molar-refractivity contribution in [3.05, 3.63) is 0 Å². The van der Waals surface area contributed by atoms with Crippen LogP contribution >= 0.6 is 0 Å². The third-order valence-electron chi connectivity index (χ3n) is 3.94. The van der Waals surface area contributed by atoms with Crippen LogP contribution in [0.3, 0.4) is 0 Å². The van der Waals surface area contributed by atoms with E-state index in [2.05, 4.69) is 10.5 Å². The summed E-state index contributed by atoms with van der Waals surface area (Å²) >= 11 is 0. The Morgan fingerprint density at radius 3 is 2.63 bits per heavy atom. The third-order valence-corrected chi connectivity index (χ3v) is 5.71. The Morgan fingerprint density at radius 2 is 2.05 bits per heavy atom. The average Bonchev–Trinajstić information content (AvgIpc) is 2.94. The average molecular weight is 289 g/mol. The fraction of sp³-hybridized carbons (Fsp3) is 0.818. The number of sulfone groups is 1. The monoisotopic (exact) mass is 289 g/mol. The predicted octanol–water partition coefficient (Wildman–Crippen LogP) is -0.548. The number of amidine groups is 1. The van der Waals surface area contributed by atoms with Crippen molar-refractivity contribution in [1.29, 1.82) is 0 Å². The molecule has 0 radical (unpaired) electrons. The van der Waals surface area contributed by atoms with Gasteiger partial charge in [0.05, 0.1) is 17.4 Å². The first-order valence-electron chi connectivity index (χ1n) is 6.41. The molecule has 0 aromatic heterocycles. The van der Waals surface area contributed by atoms with Crippen LogP contribution in [-0.2, 0) is 14.6 Å². The second-order valence-electron chi connectivity index (χ2n) is 5.28. The molecule has 3 atom stereocenters. The summed E-state index contributed by atoms with van der Waals surface area (Å²) in [6.07, 6.45) is 2.82. The van der Waals surface area contributed by atoms with E-state index in [0.29, 0.717) is 6.42 Å². The number of hydrogen-bond donors (Lipinski definition) is 3. The highest BCUT2D eigenvalue weighted by molar-refractivity contribution is 7.91. The highest BCUT2D eigenvalue weighted by Crippen LogP contribution is 2.27. The first kappa shape index (κ1) is 14.1. The SMILES string of the molecule is NC(=NO)C1CCCC1NC(=O)C1CCS(=O)(=O)C1. The van der Waals surface area contributed by atoms with Gasteiger partial charge in [-0.15, -0.1) is 0 Å². The Hall–Kier alpha value is -1.31. The predicted molar refractivity (Wildman–Crippen MR) is 69.4 cm³/mol. The molecule has 7 nitrogen and oxygen atoms in total. The van der Waals surface area contributed by atoms with Gasteiger partial charge in [-0.25, -0.2) is 8.42 Å². The molecule has 19 heavy (non-hydrogen) atoms. The summed E-state index contributed by atoms with van der Waals surface area (Å²) in [5.41, 5.74) is 5.59. The van der Waals surface area contributed by atoms with Crippen LogP contribution in [0.5, 0.6) is 0 Å². The number of rotatable bonds is 3. The number of amides is 1. The van der Waals surface area contributed by atoms with Gasteiger partial charge in [-0.3, -0.25) is 4.79 Å². The van der Waals surface area contributed by atoms with Crippen molar-refractivity contribution in [1.82, 2.24) is 5.32 Å². The summed E-state index contributed by atoms with van der Waals surface area (Å²) in [5.74, 6) is -0.713. The van der Waals surface area contributed by atoms with Gasteiger partial charge in [0.1, 0.15) is 5.84 Å². The van der Waals surface area contributed by atoms with Crippen LogP contribution in [0.15, 0.2) is 5.16 Å². The fourth-order valence-corrected chi connectivity index (χ4v) is 4.60. The molecule has 0 spiro atoms. The largest absolute Gasteiger partial charge is 0.409 e. The van der Waals surface area contributed by atoms with Gasteiger partial charge < -0.3 is 16.3 Å². The van der Waals surface area contributed by atoms with Gasteiger partial charge in [-0.1, -0.05) is 11.6 Å². The molecule has 0 bridgehead atoms. The number of hydrogen-bond acceptors (Lipinski definition) is 5. The molecule has 1 saturated carbocycles. The maximum Gasteiger partial charge on any atom is 0.224 e. The van der Waals surface area contributed by atoms with E-state index >= 15 is 0 Å². The number of nitrogens with zero attached hydrogens (tertiary/aromatic N) is 1. The molecule has 2 aliphatic rings. The summed E-state index contributed by atoms with van der Waals surface area (Å²) < 4.78 is 22.7. The number of carbonyl (C=O) groups excluding carboxylic acids is 1. The molecule has 2 rings (SSSR count). The minimum atomic E-state index is -3.06. The maximum atomic E-state index is 12.0.